The summed E-state index contributed by atoms with van der Waals surface area (Å²) in [7, 11) is 3.88. The van der Waals surface area contributed by atoms with Crippen LogP contribution in [0.4, 0.5) is 0 Å². The quantitative estimate of drug-likeness (QED) is 0.716. The van der Waals surface area contributed by atoms with Gasteiger partial charge in [-0.3, -0.25) is 0 Å². The molecule has 0 fully saturated rings. The largest absolute Gasteiger partial charge is 0.390 e. The molecule has 2 N–H and O–H groups in total. The molecule has 0 aliphatic carbocycles. The van der Waals surface area contributed by atoms with Crippen molar-refractivity contribution in [3.05, 3.63) is 48.6 Å². The van der Waals surface area contributed by atoms with Gasteiger partial charge in [0.25, 0.3) is 0 Å². The van der Waals surface area contributed by atoms with Crippen LogP contribution in [0.2, 0.25) is 0 Å². The van der Waals surface area contributed by atoms with Crippen molar-refractivity contribution in [2.45, 2.75) is 32.4 Å². The Morgan fingerprint density at radius 2 is 1.90 bits per heavy atom. The number of benzene rings is 1. The normalized spacial score (nSPS) is 13.3. The SMILES string of the molecule is C=CCN(C)C[C@@H](O)[C@H](Cc1ccccc1)NC.CC. The molecule has 0 saturated heterocycles. The van der Waals surface area contributed by atoms with Crippen LogP contribution in [0.5, 0.6) is 0 Å². The Labute approximate surface area is 124 Å². The number of nitrogens with one attached hydrogen (secondary N) is 1. The number of hydrogen-bond acceptors (Lipinski definition) is 3. The second-order valence-electron chi connectivity index (χ2n) is 4.66. The van der Waals surface area contributed by atoms with Crippen molar-refractivity contribution < 1.29 is 5.11 Å². The highest BCUT2D eigenvalue weighted by Crippen LogP contribution is 2.07. The molecule has 0 aliphatic rings. The molecule has 0 bridgehead atoms. The summed E-state index contributed by atoms with van der Waals surface area (Å²) < 4.78 is 0. The second kappa shape index (κ2) is 11.6. The van der Waals surface area contributed by atoms with Gasteiger partial charge in [-0.1, -0.05) is 50.3 Å². The molecule has 2 atom stereocenters. The van der Waals surface area contributed by atoms with Crippen molar-refractivity contribution in [2.75, 3.05) is 27.2 Å². The van der Waals surface area contributed by atoms with Crippen molar-refractivity contribution in [3.8, 4) is 0 Å². The fourth-order valence-corrected chi connectivity index (χ4v) is 2.04. The van der Waals surface area contributed by atoms with Gasteiger partial charge in [0.05, 0.1) is 6.10 Å². The lowest BCUT2D eigenvalue weighted by molar-refractivity contribution is 0.0954. The summed E-state index contributed by atoms with van der Waals surface area (Å²) in [4.78, 5) is 2.06. The van der Waals surface area contributed by atoms with E-state index in [2.05, 4.69) is 28.9 Å². The van der Waals surface area contributed by atoms with E-state index in [0.29, 0.717) is 6.54 Å². The van der Waals surface area contributed by atoms with Gasteiger partial charge >= 0.3 is 0 Å². The Balaban J connectivity index is 0.00000172. The molecule has 0 spiro atoms. The van der Waals surface area contributed by atoms with Crippen molar-refractivity contribution in [1.82, 2.24) is 10.2 Å². The summed E-state index contributed by atoms with van der Waals surface area (Å²) in [6.07, 6.45) is 2.29. The van der Waals surface area contributed by atoms with Crippen molar-refractivity contribution in [2.24, 2.45) is 0 Å². The summed E-state index contributed by atoms with van der Waals surface area (Å²) >= 11 is 0. The summed E-state index contributed by atoms with van der Waals surface area (Å²) in [6.45, 7) is 9.14. The Kier molecular flexibility index (Phi) is 11.0. The molecule has 0 aromatic heterocycles. The number of nitrogens with zero attached hydrogens (tertiary/aromatic N) is 1. The third kappa shape index (κ3) is 7.43. The minimum atomic E-state index is -0.389. The zero-order chi connectivity index (χ0) is 15.4. The van der Waals surface area contributed by atoms with E-state index in [-0.39, 0.29) is 12.1 Å². The summed E-state index contributed by atoms with van der Waals surface area (Å²) in [5.74, 6) is 0. The molecule has 0 saturated carbocycles. The first kappa shape index (κ1) is 18.8. The van der Waals surface area contributed by atoms with E-state index in [1.165, 1.54) is 5.56 Å². The Bertz CT molecular complexity index is 340. The fourth-order valence-electron chi connectivity index (χ4n) is 2.04. The predicted molar refractivity (Wildman–Crippen MR) is 88.0 cm³/mol. The first-order valence-corrected chi connectivity index (χ1v) is 7.36. The van der Waals surface area contributed by atoms with Crippen LogP contribution in [0.1, 0.15) is 19.4 Å². The molecule has 114 valence electrons. The number of hydrogen-bond donors (Lipinski definition) is 2. The molecule has 3 heteroatoms. The topological polar surface area (TPSA) is 35.5 Å². The molecule has 20 heavy (non-hydrogen) atoms. The highest BCUT2D eigenvalue weighted by atomic mass is 16.3. The molecule has 3 nitrogen and oxygen atoms in total. The predicted octanol–water partition coefficient (Wildman–Crippen LogP) is 2.32. The lowest BCUT2D eigenvalue weighted by Gasteiger charge is -2.26. The van der Waals surface area contributed by atoms with Crippen LogP contribution in [-0.2, 0) is 6.42 Å². The standard InChI is InChI=1S/C15H24N2O.C2H6/c1-4-10-17(3)12-15(18)14(16-2)11-13-8-6-5-7-9-13;1-2/h4-9,14-16,18H,1,10-12H2,2-3H3;1-2H3/t14-,15+;/m0./s1. The minimum Gasteiger partial charge on any atom is -0.390 e. The van der Waals surface area contributed by atoms with Gasteiger partial charge in [0, 0.05) is 19.1 Å². The molecular formula is C17H30N2O. The third-order valence-electron chi connectivity index (χ3n) is 3.07. The molecule has 0 aliphatic heterocycles. The van der Waals surface area contributed by atoms with E-state index >= 15 is 0 Å². The van der Waals surface area contributed by atoms with E-state index in [0.717, 1.165) is 13.0 Å². The average Bonchev–Trinajstić information content (AvgIpc) is 2.48. The molecule has 1 rings (SSSR count). The van der Waals surface area contributed by atoms with Gasteiger partial charge in [0.15, 0.2) is 0 Å². The van der Waals surface area contributed by atoms with E-state index in [4.69, 9.17) is 0 Å². The van der Waals surface area contributed by atoms with E-state index < -0.39 is 0 Å². The maximum absolute atomic E-state index is 10.2. The molecule has 0 radical (unpaired) electrons. The van der Waals surface area contributed by atoms with Gasteiger partial charge in [0.2, 0.25) is 0 Å². The summed E-state index contributed by atoms with van der Waals surface area (Å²) in [6, 6.07) is 10.3. The smallest absolute Gasteiger partial charge is 0.0822 e. The van der Waals surface area contributed by atoms with Gasteiger partial charge in [-0.2, -0.15) is 0 Å². The third-order valence-corrected chi connectivity index (χ3v) is 3.07. The Morgan fingerprint density at radius 1 is 1.30 bits per heavy atom. The number of aliphatic hydroxyl groups is 1. The average molecular weight is 278 g/mol. The fraction of sp³-hybridized carbons (Fsp3) is 0.529. The molecule has 0 heterocycles. The van der Waals surface area contributed by atoms with E-state index in [1.54, 1.807) is 0 Å². The van der Waals surface area contributed by atoms with E-state index in [9.17, 15) is 5.11 Å². The van der Waals surface area contributed by atoms with Crippen molar-refractivity contribution in [3.63, 3.8) is 0 Å². The molecule has 1 aromatic carbocycles. The van der Waals surface area contributed by atoms with Crippen LogP contribution in [0.25, 0.3) is 0 Å². The molecule has 1 aromatic rings. The zero-order valence-electron chi connectivity index (χ0n) is 13.3. The second-order valence-corrected chi connectivity index (χ2v) is 4.66. The zero-order valence-corrected chi connectivity index (χ0v) is 13.3. The summed E-state index contributed by atoms with van der Waals surface area (Å²) in [5.41, 5.74) is 1.24. The maximum Gasteiger partial charge on any atom is 0.0822 e. The lowest BCUT2D eigenvalue weighted by atomic mass is 10.0. The number of likely N-dealkylation sites (N-methyl/N-ethyl adjacent to an activating group) is 2. The highest BCUT2D eigenvalue weighted by Gasteiger charge is 2.18. The number of rotatable bonds is 8. The van der Waals surface area contributed by atoms with Crippen LogP contribution in [0.15, 0.2) is 43.0 Å². The van der Waals surface area contributed by atoms with Gasteiger partial charge in [-0.25, -0.2) is 0 Å². The molecule has 0 amide bonds. The number of aliphatic hydroxyl groups excluding tert-OH is 1. The lowest BCUT2D eigenvalue weighted by Crippen LogP contribution is -2.45. The van der Waals surface area contributed by atoms with Gasteiger partial charge in [0.1, 0.15) is 0 Å². The molecule has 0 unspecified atom stereocenters. The van der Waals surface area contributed by atoms with Crippen LogP contribution < -0.4 is 5.32 Å². The van der Waals surface area contributed by atoms with Crippen LogP contribution in [-0.4, -0.2) is 49.3 Å². The summed E-state index contributed by atoms with van der Waals surface area (Å²) in [5, 5.41) is 13.4. The monoisotopic (exact) mass is 278 g/mol. The molecular weight excluding hydrogens is 248 g/mol. The van der Waals surface area contributed by atoms with Gasteiger partial charge < -0.3 is 15.3 Å². The first-order valence-electron chi connectivity index (χ1n) is 7.36. The van der Waals surface area contributed by atoms with E-state index in [1.807, 2.05) is 52.2 Å². The van der Waals surface area contributed by atoms with Crippen molar-refractivity contribution in [1.29, 1.82) is 0 Å². The highest BCUT2D eigenvalue weighted by molar-refractivity contribution is 5.16. The van der Waals surface area contributed by atoms with Crippen LogP contribution in [0, 0.1) is 0 Å². The van der Waals surface area contributed by atoms with Gasteiger partial charge in [-0.05, 0) is 26.1 Å². The van der Waals surface area contributed by atoms with Crippen LogP contribution in [0.3, 0.4) is 0 Å². The maximum atomic E-state index is 10.2. The van der Waals surface area contributed by atoms with Crippen LogP contribution >= 0.6 is 0 Å². The Morgan fingerprint density at radius 3 is 2.40 bits per heavy atom. The minimum absolute atomic E-state index is 0.0691. The first-order chi connectivity index (χ1) is 9.67. The van der Waals surface area contributed by atoms with Crippen molar-refractivity contribution >= 4 is 0 Å². The van der Waals surface area contributed by atoms with Gasteiger partial charge in [-0.15, -0.1) is 6.58 Å². The Hall–Kier alpha value is -1.16.